The lowest BCUT2D eigenvalue weighted by atomic mass is 10.1. The van der Waals surface area contributed by atoms with Gasteiger partial charge in [-0.2, -0.15) is 15.3 Å². The number of benzene rings is 1. The van der Waals surface area contributed by atoms with Crippen molar-refractivity contribution in [3.8, 4) is 5.75 Å². The molecule has 11 heteroatoms. The zero-order chi connectivity index (χ0) is 23.0. The van der Waals surface area contributed by atoms with Gasteiger partial charge in [-0.05, 0) is 45.9 Å². The fourth-order valence-electron chi connectivity index (χ4n) is 3.61. The van der Waals surface area contributed by atoms with Crippen molar-refractivity contribution < 1.29 is 13.5 Å². The summed E-state index contributed by atoms with van der Waals surface area (Å²) >= 11 is 1.43. The Morgan fingerprint density at radius 3 is 2.62 bits per heavy atom. The molecule has 0 fully saturated rings. The molecule has 0 radical (unpaired) electrons. The molecule has 1 aliphatic heterocycles. The molecule has 0 spiro atoms. The summed E-state index contributed by atoms with van der Waals surface area (Å²) in [5.74, 6) is -0.757. The lowest BCUT2D eigenvalue weighted by Crippen LogP contribution is -2.32. The number of nitrogens with two attached hydrogens (primary N) is 1. The molecule has 0 bridgehead atoms. The molecule has 4 rings (SSSR count). The smallest absolute Gasteiger partial charge is 0.173 e. The summed E-state index contributed by atoms with van der Waals surface area (Å²) in [5, 5.41) is 16.1. The van der Waals surface area contributed by atoms with Gasteiger partial charge in [-0.25, -0.2) is 13.8 Å². The summed E-state index contributed by atoms with van der Waals surface area (Å²) in [4.78, 5) is 0. The van der Waals surface area contributed by atoms with Gasteiger partial charge in [0.15, 0.2) is 22.9 Å². The molecular weight excluding hydrogens is 436 g/mol. The first-order chi connectivity index (χ1) is 15.3. The minimum Gasteiger partial charge on any atom is -0.490 e. The van der Waals surface area contributed by atoms with E-state index < -0.39 is 17.1 Å². The standard InChI is InChI=1S/C21H25F2N7OS/c1-5-31-19-15(16(22)6-7-17(19)23)11-28-9-8-18(26-28)30-21(24)32-20(27-30)14(4)29-13(3)10-12(2)25-29/h6-10,14,21H,5,11,24H2,1-4H3. The topological polar surface area (TPSA) is 86.5 Å². The molecule has 3 aromatic rings. The molecule has 1 aliphatic rings. The van der Waals surface area contributed by atoms with E-state index >= 15 is 0 Å². The zero-order valence-corrected chi connectivity index (χ0v) is 19.1. The molecule has 2 atom stereocenters. The van der Waals surface area contributed by atoms with Crippen molar-refractivity contribution in [3.05, 3.63) is 59.0 Å². The SMILES string of the molecule is CCOc1c(F)ccc(F)c1Cn1ccc(N2N=C(C(C)n3nc(C)cc3C)SC2N)n1. The van der Waals surface area contributed by atoms with E-state index in [-0.39, 0.29) is 30.5 Å². The second-order valence-corrected chi connectivity index (χ2v) is 8.62. The maximum Gasteiger partial charge on any atom is 0.173 e. The Morgan fingerprint density at radius 2 is 1.94 bits per heavy atom. The highest BCUT2D eigenvalue weighted by Crippen LogP contribution is 2.33. The fourth-order valence-corrected chi connectivity index (χ4v) is 4.55. The van der Waals surface area contributed by atoms with E-state index in [1.54, 1.807) is 24.2 Å². The molecular formula is C21H25F2N7OS. The van der Waals surface area contributed by atoms with Crippen LogP contribution in [0.2, 0.25) is 0 Å². The Morgan fingerprint density at radius 1 is 1.19 bits per heavy atom. The Kier molecular flexibility index (Phi) is 6.20. The second kappa shape index (κ2) is 8.91. The summed E-state index contributed by atoms with van der Waals surface area (Å²) in [6.07, 6.45) is 1.67. The van der Waals surface area contributed by atoms with Crippen LogP contribution in [0.3, 0.4) is 0 Å². The maximum atomic E-state index is 14.4. The Balaban J connectivity index is 1.56. The van der Waals surface area contributed by atoms with E-state index in [9.17, 15) is 8.78 Å². The number of aryl methyl sites for hydroxylation is 2. The maximum absolute atomic E-state index is 14.4. The third-order valence-corrected chi connectivity index (χ3v) is 6.19. The first-order valence-electron chi connectivity index (χ1n) is 10.2. The van der Waals surface area contributed by atoms with Crippen molar-refractivity contribution in [1.29, 1.82) is 0 Å². The number of hydrogen-bond acceptors (Lipinski definition) is 7. The summed E-state index contributed by atoms with van der Waals surface area (Å²) in [6, 6.07) is 5.80. The van der Waals surface area contributed by atoms with Gasteiger partial charge < -0.3 is 10.5 Å². The van der Waals surface area contributed by atoms with Crippen LogP contribution in [0.4, 0.5) is 14.6 Å². The van der Waals surface area contributed by atoms with Gasteiger partial charge in [0.1, 0.15) is 10.9 Å². The number of nitrogens with zero attached hydrogens (tertiary/aromatic N) is 6. The van der Waals surface area contributed by atoms with Crippen LogP contribution in [0, 0.1) is 25.5 Å². The minimum absolute atomic E-state index is 0.00782. The quantitative estimate of drug-likeness (QED) is 0.576. The lowest BCUT2D eigenvalue weighted by molar-refractivity contribution is 0.313. The first kappa shape index (κ1) is 22.3. The highest BCUT2D eigenvalue weighted by Gasteiger charge is 2.31. The van der Waals surface area contributed by atoms with Crippen molar-refractivity contribution >= 4 is 22.6 Å². The van der Waals surface area contributed by atoms with Gasteiger partial charge in [0.05, 0.1) is 30.5 Å². The molecule has 2 aromatic heterocycles. The largest absolute Gasteiger partial charge is 0.490 e. The highest BCUT2D eigenvalue weighted by molar-refractivity contribution is 8.14. The van der Waals surface area contributed by atoms with Gasteiger partial charge in [-0.1, -0.05) is 11.8 Å². The third kappa shape index (κ3) is 4.22. The summed E-state index contributed by atoms with van der Waals surface area (Å²) in [6.45, 7) is 7.91. The van der Waals surface area contributed by atoms with Gasteiger partial charge in [-0.3, -0.25) is 9.36 Å². The predicted octanol–water partition coefficient (Wildman–Crippen LogP) is 3.79. The van der Waals surface area contributed by atoms with Crippen LogP contribution < -0.4 is 15.5 Å². The van der Waals surface area contributed by atoms with E-state index in [1.165, 1.54) is 16.4 Å². The summed E-state index contributed by atoms with van der Waals surface area (Å²) in [7, 11) is 0. The van der Waals surface area contributed by atoms with Crippen LogP contribution in [0.15, 0.2) is 35.6 Å². The molecule has 0 aliphatic carbocycles. The van der Waals surface area contributed by atoms with Crippen LogP contribution in [-0.4, -0.2) is 36.7 Å². The van der Waals surface area contributed by atoms with E-state index in [1.807, 2.05) is 31.5 Å². The van der Waals surface area contributed by atoms with Crippen molar-refractivity contribution in [1.82, 2.24) is 19.6 Å². The van der Waals surface area contributed by atoms with Crippen molar-refractivity contribution in [3.63, 3.8) is 0 Å². The van der Waals surface area contributed by atoms with Gasteiger partial charge >= 0.3 is 0 Å². The van der Waals surface area contributed by atoms with Crippen molar-refractivity contribution in [2.75, 3.05) is 11.6 Å². The molecule has 32 heavy (non-hydrogen) atoms. The van der Waals surface area contributed by atoms with E-state index in [0.29, 0.717) is 5.82 Å². The number of halogens is 2. The van der Waals surface area contributed by atoms with Crippen LogP contribution >= 0.6 is 11.8 Å². The van der Waals surface area contributed by atoms with Crippen LogP contribution in [0.5, 0.6) is 5.75 Å². The molecule has 170 valence electrons. The molecule has 0 amide bonds. The zero-order valence-electron chi connectivity index (χ0n) is 18.3. The molecule has 0 saturated heterocycles. The second-order valence-electron chi connectivity index (χ2n) is 7.48. The van der Waals surface area contributed by atoms with Crippen LogP contribution in [-0.2, 0) is 6.54 Å². The van der Waals surface area contributed by atoms with E-state index in [4.69, 9.17) is 10.5 Å². The number of ether oxygens (including phenoxy) is 1. The number of rotatable bonds is 7. The van der Waals surface area contributed by atoms with Crippen molar-refractivity contribution in [2.45, 2.75) is 45.8 Å². The summed E-state index contributed by atoms with van der Waals surface area (Å²) in [5.41, 5.74) is 7.91. The van der Waals surface area contributed by atoms with Gasteiger partial charge in [0.25, 0.3) is 0 Å². The molecule has 0 saturated carbocycles. The number of hydrazone groups is 1. The average Bonchev–Trinajstić information content (AvgIpc) is 3.45. The van der Waals surface area contributed by atoms with E-state index in [2.05, 4.69) is 15.3 Å². The summed E-state index contributed by atoms with van der Waals surface area (Å²) < 4.78 is 37.3. The molecule has 1 aromatic carbocycles. The average molecular weight is 462 g/mol. The monoisotopic (exact) mass is 461 g/mol. The van der Waals surface area contributed by atoms with Gasteiger partial charge in [0.2, 0.25) is 0 Å². The van der Waals surface area contributed by atoms with Gasteiger partial charge in [-0.15, -0.1) is 0 Å². The van der Waals surface area contributed by atoms with Crippen LogP contribution in [0.25, 0.3) is 0 Å². The van der Waals surface area contributed by atoms with Crippen LogP contribution in [0.1, 0.15) is 36.8 Å². The predicted molar refractivity (Wildman–Crippen MR) is 121 cm³/mol. The normalized spacial score (nSPS) is 17.0. The molecule has 2 unspecified atom stereocenters. The number of anilines is 1. The van der Waals surface area contributed by atoms with Gasteiger partial charge in [0, 0.05) is 18.0 Å². The van der Waals surface area contributed by atoms with E-state index in [0.717, 1.165) is 28.6 Å². The number of aromatic nitrogens is 4. The minimum atomic E-state index is -0.610. The Hall–Kier alpha value is -2.92. The molecule has 2 N–H and O–H groups in total. The molecule has 3 heterocycles. The highest BCUT2D eigenvalue weighted by atomic mass is 32.2. The Labute approximate surface area is 189 Å². The lowest BCUT2D eigenvalue weighted by Gasteiger charge is -2.15. The molecule has 8 nitrogen and oxygen atoms in total. The number of hydrogen-bond donors (Lipinski definition) is 1. The van der Waals surface area contributed by atoms with Crippen molar-refractivity contribution in [2.24, 2.45) is 10.8 Å². The Bertz CT molecular complexity index is 1160. The fraction of sp³-hybridized carbons (Fsp3) is 0.381. The first-order valence-corrected chi connectivity index (χ1v) is 11.1. The number of thioether (sulfide) groups is 1. The third-order valence-electron chi connectivity index (χ3n) is 5.08.